The summed E-state index contributed by atoms with van der Waals surface area (Å²) in [5.41, 5.74) is 0. The molecule has 0 saturated carbocycles. The van der Waals surface area contributed by atoms with Crippen molar-refractivity contribution in [3.8, 4) is 0 Å². The summed E-state index contributed by atoms with van der Waals surface area (Å²) in [6.07, 6.45) is 4.01. The predicted molar refractivity (Wildman–Crippen MR) is 51.1 cm³/mol. The van der Waals surface area contributed by atoms with Crippen molar-refractivity contribution in [1.29, 1.82) is 0 Å². The van der Waals surface area contributed by atoms with Crippen LogP contribution in [0.15, 0.2) is 0 Å². The maximum atomic E-state index is 5.49. The van der Waals surface area contributed by atoms with Gasteiger partial charge in [-0.3, -0.25) is 0 Å². The minimum Gasteiger partial charge on any atom is -0.379 e. The van der Waals surface area contributed by atoms with Crippen molar-refractivity contribution < 1.29 is 9.47 Å². The summed E-state index contributed by atoms with van der Waals surface area (Å²) < 4.78 is 10.5. The van der Waals surface area contributed by atoms with Gasteiger partial charge in [0.25, 0.3) is 0 Å². The van der Waals surface area contributed by atoms with E-state index < -0.39 is 0 Å². The summed E-state index contributed by atoms with van der Waals surface area (Å²) in [6, 6.07) is 0. The monoisotopic (exact) mass is 173 g/mol. The quantitative estimate of drug-likeness (QED) is 0.525. The summed E-state index contributed by atoms with van der Waals surface area (Å²) in [5, 5.41) is 0. The van der Waals surface area contributed by atoms with E-state index in [1.54, 1.807) is 0 Å². The third-order valence-electron chi connectivity index (χ3n) is 1.74. The lowest BCUT2D eigenvalue weighted by atomic mass is 10.2. The highest BCUT2D eigenvalue weighted by Crippen LogP contribution is 2.03. The molecule has 0 aliphatic rings. The van der Waals surface area contributed by atoms with Gasteiger partial charge < -0.3 is 9.47 Å². The first kappa shape index (κ1) is 11.9. The van der Waals surface area contributed by atoms with Gasteiger partial charge >= 0.3 is 0 Å². The van der Waals surface area contributed by atoms with Crippen LogP contribution in [0.3, 0.4) is 0 Å². The van der Waals surface area contributed by atoms with Crippen LogP contribution in [-0.2, 0) is 9.47 Å². The zero-order chi connectivity index (χ0) is 9.23. The molecule has 0 aliphatic carbocycles. The Hall–Kier alpha value is -0.0800. The van der Waals surface area contributed by atoms with Crippen LogP contribution < -0.4 is 0 Å². The van der Waals surface area contributed by atoms with Gasteiger partial charge in [0, 0.05) is 6.61 Å². The van der Waals surface area contributed by atoms with Crippen molar-refractivity contribution in [3.63, 3.8) is 0 Å². The Bertz CT molecular complexity index is 83.9. The average Bonchev–Trinajstić information content (AvgIpc) is 2.09. The molecule has 0 heterocycles. The van der Waals surface area contributed by atoms with Crippen LogP contribution in [0, 0.1) is 6.92 Å². The minimum absolute atomic E-state index is 0.373. The molecule has 2 heteroatoms. The topological polar surface area (TPSA) is 18.5 Å². The van der Waals surface area contributed by atoms with Crippen molar-refractivity contribution >= 4 is 0 Å². The van der Waals surface area contributed by atoms with Gasteiger partial charge in [-0.1, -0.05) is 19.8 Å². The van der Waals surface area contributed by atoms with E-state index in [1.165, 1.54) is 12.8 Å². The lowest BCUT2D eigenvalue weighted by Gasteiger charge is -2.11. The summed E-state index contributed by atoms with van der Waals surface area (Å²) >= 11 is 0. The second kappa shape index (κ2) is 9.01. The average molecular weight is 173 g/mol. The zero-order valence-electron chi connectivity index (χ0n) is 8.34. The molecule has 1 atom stereocenters. The van der Waals surface area contributed by atoms with Crippen LogP contribution in [0.1, 0.15) is 33.1 Å². The number of rotatable bonds is 8. The van der Waals surface area contributed by atoms with Crippen molar-refractivity contribution in [3.05, 3.63) is 6.92 Å². The van der Waals surface area contributed by atoms with Crippen molar-refractivity contribution in [2.45, 2.75) is 39.2 Å². The second-order valence-corrected chi connectivity index (χ2v) is 2.94. The van der Waals surface area contributed by atoms with Crippen LogP contribution in [-0.4, -0.2) is 25.9 Å². The van der Waals surface area contributed by atoms with Gasteiger partial charge in [-0.15, -0.1) is 0 Å². The van der Waals surface area contributed by atoms with Crippen molar-refractivity contribution in [1.82, 2.24) is 0 Å². The molecular formula is C10H21O2. The minimum atomic E-state index is 0.373. The second-order valence-electron chi connectivity index (χ2n) is 2.94. The van der Waals surface area contributed by atoms with Crippen LogP contribution in [0.5, 0.6) is 0 Å². The first-order chi connectivity index (χ1) is 5.81. The summed E-state index contributed by atoms with van der Waals surface area (Å²) in [6.45, 7) is 9.77. The van der Waals surface area contributed by atoms with E-state index in [1.807, 2.05) is 0 Å². The van der Waals surface area contributed by atoms with E-state index in [9.17, 15) is 0 Å². The molecular weight excluding hydrogens is 152 g/mol. The Morgan fingerprint density at radius 1 is 1.33 bits per heavy atom. The van der Waals surface area contributed by atoms with Gasteiger partial charge in [0.2, 0.25) is 0 Å². The van der Waals surface area contributed by atoms with Crippen LogP contribution in [0.2, 0.25) is 0 Å². The molecule has 0 bridgehead atoms. The smallest absolute Gasteiger partial charge is 0.0704 e. The van der Waals surface area contributed by atoms with Gasteiger partial charge in [0.15, 0.2) is 0 Å². The Balaban J connectivity index is 3.02. The highest BCUT2D eigenvalue weighted by molar-refractivity contribution is 4.49. The number of ether oxygens (including phenoxy) is 2. The van der Waals surface area contributed by atoms with E-state index in [2.05, 4.69) is 20.8 Å². The summed E-state index contributed by atoms with van der Waals surface area (Å²) in [7, 11) is 0. The van der Waals surface area contributed by atoms with Crippen molar-refractivity contribution in [2.24, 2.45) is 0 Å². The molecule has 0 aliphatic heterocycles. The molecule has 0 aromatic heterocycles. The van der Waals surface area contributed by atoms with Crippen LogP contribution >= 0.6 is 0 Å². The van der Waals surface area contributed by atoms with Crippen LogP contribution in [0.25, 0.3) is 0 Å². The van der Waals surface area contributed by atoms with E-state index in [-0.39, 0.29) is 0 Å². The number of unbranched alkanes of at least 4 members (excludes halogenated alkanes) is 1. The van der Waals surface area contributed by atoms with E-state index >= 15 is 0 Å². The fourth-order valence-electron chi connectivity index (χ4n) is 0.985. The lowest BCUT2D eigenvalue weighted by Crippen LogP contribution is -2.12. The third-order valence-corrected chi connectivity index (χ3v) is 1.74. The molecule has 0 spiro atoms. The highest BCUT2D eigenvalue weighted by atomic mass is 16.5. The molecule has 0 aromatic carbocycles. The lowest BCUT2D eigenvalue weighted by molar-refractivity contribution is 0.0143. The predicted octanol–water partition coefficient (Wildman–Crippen LogP) is 2.43. The molecule has 1 unspecified atom stereocenters. The maximum absolute atomic E-state index is 5.49. The molecule has 0 fully saturated rings. The standard InChI is InChI=1S/C10H21O2/c1-4-6-7-10(3)12-9-8-11-5-2/h10H,2,4-9H2,1,3H3. The first-order valence-electron chi connectivity index (χ1n) is 4.79. The SMILES string of the molecule is [CH2]COCCOC(C)CCCC. The van der Waals surface area contributed by atoms with E-state index in [4.69, 9.17) is 9.47 Å². The number of hydrogen-bond acceptors (Lipinski definition) is 2. The Morgan fingerprint density at radius 2 is 2.08 bits per heavy atom. The fourth-order valence-corrected chi connectivity index (χ4v) is 0.985. The van der Waals surface area contributed by atoms with Gasteiger partial charge in [-0.2, -0.15) is 0 Å². The van der Waals surface area contributed by atoms with Crippen LogP contribution in [0.4, 0.5) is 0 Å². The normalized spacial score (nSPS) is 13.2. The first-order valence-corrected chi connectivity index (χ1v) is 4.79. The fraction of sp³-hybridized carbons (Fsp3) is 0.900. The van der Waals surface area contributed by atoms with Crippen molar-refractivity contribution in [2.75, 3.05) is 19.8 Å². The molecule has 0 N–H and O–H groups in total. The molecule has 0 aromatic rings. The van der Waals surface area contributed by atoms with E-state index in [0.29, 0.717) is 25.9 Å². The molecule has 73 valence electrons. The molecule has 2 nitrogen and oxygen atoms in total. The zero-order valence-corrected chi connectivity index (χ0v) is 8.34. The summed E-state index contributed by atoms with van der Waals surface area (Å²) in [5.74, 6) is 0. The molecule has 12 heavy (non-hydrogen) atoms. The summed E-state index contributed by atoms with van der Waals surface area (Å²) in [4.78, 5) is 0. The highest BCUT2D eigenvalue weighted by Gasteiger charge is 1.99. The van der Waals surface area contributed by atoms with E-state index in [0.717, 1.165) is 6.42 Å². The largest absolute Gasteiger partial charge is 0.379 e. The third kappa shape index (κ3) is 8.02. The van der Waals surface area contributed by atoms with Gasteiger partial charge in [-0.25, -0.2) is 0 Å². The number of hydrogen-bond donors (Lipinski definition) is 0. The molecule has 0 rings (SSSR count). The van der Waals surface area contributed by atoms with Gasteiger partial charge in [-0.05, 0) is 20.3 Å². The molecule has 0 saturated heterocycles. The Morgan fingerprint density at radius 3 is 2.67 bits per heavy atom. The van der Waals surface area contributed by atoms with Gasteiger partial charge in [0.1, 0.15) is 0 Å². The Labute approximate surface area is 76.3 Å². The maximum Gasteiger partial charge on any atom is 0.0704 e. The Kier molecular flexibility index (Phi) is 8.95. The van der Waals surface area contributed by atoms with Gasteiger partial charge in [0.05, 0.1) is 19.3 Å². The molecule has 0 amide bonds. The molecule has 1 radical (unpaired) electrons.